The van der Waals surface area contributed by atoms with E-state index in [0.29, 0.717) is 25.1 Å². The number of carbonyl (C=O) groups is 2. The van der Waals surface area contributed by atoms with Gasteiger partial charge in [-0.1, -0.05) is 0 Å². The summed E-state index contributed by atoms with van der Waals surface area (Å²) in [4.78, 5) is 34.5. The number of carbonyl (C=O) groups excluding carboxylic acids is 2. The number of nitro benzene ring substituents is 1. The summed E-state index contributed by atoms with van der Waals surface area (Å²) in [5, 5.41) is 13.8. The average molecular weight is 263 g/mol. The average Bonchev–Trinajstić information content (AvgIpc) is 2.41. The van der Waals surface area contributed by atoms with E-state index in [4.69, 9.17) is 0 Å². The maximum atomic E-state index is 11.6. The van der Waals surface area contributed by atoms with Crippen molar-refractivity contribution in [3.63, 3.8) is 0 Å². The van der Waals surface area contributed by atoms with Gasteiger partial charge in [0.15, 0.2) is 0 Å². The van der Waals surface area contributed by atoms with Gasteiger partial charge in [0.2, 0.25) is 5.91 Å². The molecule has 1 saturated heterocycles. The molecule has 0 aliphatic carbocycles. The Morgan fingerprint density at radius 2 is 2.26 bits per heavy atom. The summed E-state index contributed by atoms with van der Waals surface area (Å²) >= 11 is 0. The fourth-order valence-electron chi connectivity index (χ4n) is 2.11. The van der Waals surface area contributed by atoms with Crippen molar-refractivity contribution >= 4 is 23.6 Å². The van der Waals surface area contributed by atoms with Crippen molar-refractivity contribution in [1.29, 1.82) is 0 Å². The summed E-state index contributed by atoms with van der Waals surface area (Å²) in [6, 6.07) is 3.77. The van der Waals surface area contributed by atoms with Gasteiger partial charge < -0.3 is 10.2 Å². The molecule has 19 heavy (non-hydrogen) atoms. The van der Waals surface area contributed by atoms with Crippen LogP contribution in [-0.2, 0) is 4.79 Å². The summed E-state index contributed by atoms with van der Waals surface area (Å²) in [6.45, 7) is 2.62. The lowest BCUT2D eigenvalue weighted by atomic mass is 10.1. The third-order valence-electron chi connectivity index (χ3n) is 3.14. The lowest BCUT2D eigenvalue weighted by Gasteiger charge is -2.34. The van der Waals surface area contributed by atoms with Crippen LogP contribution in [0.3, 0.4) is 0 Å². The minimum atomic E-state index is -0.540. The number of nitrogens with one attached hydrogen (secondary N) is 1. The van der Waals surface area contributed by atoms with Gasteiger partial charge in [-0.3, -0.25) is 19.7 Å². The number of anilines is 1. The number of nitrogens with zero attached hydrogens (tertiary/aromatic N) is 2. The van der Waals surface area contributed by atoms with E-state index in [0.717, 1.165) is 0 Å². The molecule has 0 spiro atoms. The molecule has 0 saturated carbocycles. The first-order valence-electron chi connectivity index (χ1n) is 5.82. The normalized spacial score (nSPS) is 18.9. The summed E-state index contributed by atoms with van der Waals surface area (Å²) in [5.41, 5.74) is 0.439. The second-order valence-electron chi connectivity index (χ2n) is 4.28. The van der Waals surface area contributed by atoms with Crippen LogP contribution in [0.1, 0.15) is 17.3 Å². The molecule has 1 N–H and O–H groups in total. The van der Waals surface area contributed by atoms with Crippen LogP contribution in [0.15, 0.2) is 18.2 Å². The van der Waals surface area contributed by atoms with Gasteiger partial charge in [0, 0.05) is 24.7 Å². The van der Waals surface area contributed by atoms with Crippen LogP contribution < -0.4 is 10.2 Å². The third-order valence-corrected chi connectivity index (χ3v) is 3.14. The Bertz CT molecular complexity index is 544. The summed E-state index contributed by atoms with van der Waals surface area (Å²) < 4.78 is 0. The molecule has 0 radical (unpaired) electrons. The van der Waals surface area contributed by atoms with Gasteiger partial charge in [0.1, 0.15) is 18.0 Å². The van der Waals surface area contributed by atoms with Crippen molar-refractivity contribution in [2.24, 2.45) is 0 Å². The van der Waals surface area contributed by atoms with Gasteiger partial charge in [-0.2, -0.15) is 0 Å². The number of piperazine rings is 1. The van der Waals surface area contributed by atoms with Crippen LogP contribution in [-0.4, -0.2) is 36.2 Å². The molecule has 1 heterocycles. The zero-order chi connectivity index (χ0) is 14.0. The second kappa shape index (κ2) is 5.05. The number of amides is 1. The first-order chi connectivity index (χ1) is 9.04. The Balaban J connectivity index is 2.46. The molecule has 1 unspecified atom stereocenters. The Labute approximate surface area is 109 Å². The number of rotatable bonds is 3. The highest BCUT2D eigenvalue weighted by Gasteiger charge is 2.30. The van der Waals surface area contributed by atoms with Gasteiger partial charge in [-0.25, -0.2) is 0 Å². The molecule has 0 aromatic heterocycles. The van der Waals surface area contributed by atoms with Crippen molar-refractivity contribution in [1.82, 2.24) is 5.32 Å². The number of hydrogen-bond acceptors (Lipinski definition) is 5. The Morgan fingerprint density at radius 1 is 1.53 bits per heavy atom. The van der Waals surface area contributed by atoms with E-state index in [2.05, 4.69) is 5.32 Å². The van der Waals surface area contributed by atoms with E-state index in [-0.39, 0.29) is 17.2 Å². The molecule has 0 bridgehead atoms. The van der Waals surface area contributed by atoms with E-state index < -0.39 is 11.0 Å². The molecule has 1 aromatic rings. The standard InChI is InChI=1S/C12H13N3O4/c1-8-12(17)13-4-5-14(8)10-3-2-9(7-16)6-11(10)15(18)19/h2-3,6-8H,4-5H2,1H3,(H,13,17). The quantitative estimate of drug-likeness (QED) is 0.493. The minimum absolute atomic E-state index is 0.161. The topological polar surface area (TPSA) is 92.6 Å². The van der Waals surface area contributed by atoms with Crippen LogP contribution in [0.2, 0.25) is 0 Å². The van der Waals surface area contributed by atoms with Crippen molar-refractivity contribution in [3.05, 3.63) is 33.9 Å². The molecule has 1 aromatic carbocycles. The van der Waals surface area contributed by atoms with Crippen LogP contribution in [0, 0.1) is 10.1 Å². The first kappa shape index (κ1) is 13.0. The van der Waals surface area contributed by atoms with Crippen LogP contribution in [0.4, 0.5) is 11.4 Å². The molecule has 7 nitrogen and oxygen atoms in total. The van der Waals surface area contributed by atoms with Crippen molar-refractivity contribution in [2.75, 3.05) is 18.0 Å². The van der Waals surface area contributed by atoms with E-state index in [1.54, 1.807) is 11.8 Å². The highest BCUT2D eigenvalue weighted by atomic mass is 16.6. The molecule has 100 valence electrons. The summed E-state index contributed by atoms with van der Waals surface area (Å²) in [6.07, 6.45) is 0.559. The van der Waals surface area contributed by atoms with Crippen LogP contribution >= 0.6 is 0 Å². The third kappa shape index (κ3) is 2.40. The lowest BCUT2D eigenvalue weighted by Crippen LogP contribution is -2.54. The fourth-order valence-corrected chi connectivity index (χ4v) is 2.11. The molecular formula is C12H13N3O4. The molecular weight excluding hydrogens is 250 g/mol. The van der Waals surface area contributed by atoms with Gasteiger partial charge in [-0.05, 0) is 19.1 Å². The van der Waals surface area contributed by atoms with E-state index in [1.165, 1.54) is 18.2 Å². The zero-order valence-electron chi connectivity index (χ0n) is 10.3. The summed E-state index contributed by atoms with van der Waals surface area (Å²) in [7, 11) is 0. The highest BCUT2D eigenvalue weighted by molar-refractivity contribution is 5.88. The molecule has 7 heteroatoms. The Hall–Kier alpha value is -2.44. The largest absolute Gasteiger partial charge is 0.353 e. The maximum absolute atomic E-state index is 11.6. The van der Waals surface area contributed by atoms with Gasteiger partial charge >= 0.3 is 0 Å². The highest BCUT2D eigenvalue weighted by Crippen LogP contribution is 2.30. The molecule has 1 amide bonds. The number of aldehydes is 1. The van der Waals surface area contributed by atoms with Crippen LogP contribution in [0.25, 0.3) is 0 Å². The SMILES string of the molecule is CC1C(=O)NCCN1c1ccc(C=O)cc1[N+](=O)[O-]. The fraction of sp³-hybridized carbons (Fsp3) is 0.333. The van der Waals surface area contributed by atoms with Gasteiger partial charge in [-0.15, -0.1) is 0 Å². The Morgan fingerprint density at radius 3 is 2.89 bits per heavy atom. The predicted octanol–water partition coefficient (Wildman–Crippen LogP) is 0.732. The second-order valence-corrected chi connectivity index (χ2v) is 4.28. The number of benzene rings is 1. The maximum Gasteiger partial charge on any atom is 0.293 e. The molecule has 1 aliphatic heterocycles. The Kier molecular flexibility index (Phi) is 3.46. The summed E-state index contributed by atoms with van der Waals surface area (Å²) in [5.74, 6) is -0.167. The predicted molar refractivity (Wildman–Crippen MR) is 68.3 cm³/mol. The van der Waals surface area contributed by atoms with Gasteiger partial charge in [0.05, 0.1) is 4.92 Å². The lowest BCUT2D eigenvalue weighted by molar-refractivity contribution is -0.384. The van der Waals surface area contributed by atoms with Crippen molar-refractivity contribution < 1.29 is 14.5 Å². The van der Waals surface area contributed by atoms with E-state index in [1.807, 2.05) is 0 Å². The smallest absolute Gasteiger partial charge is 0.293 e. The van der Waals surface area contributed by atoms with E-state index >= 15 is 0 Å². The molecule has 1 atom stereocenters. The number of nitro groups is 1. The van der Waals surface area contributed by atoms with Crippen molar-refractivity contribution in [2.45, 2.75) is 13.0 Å². The molecule has 2 rings (SSSR count). The van der Waals surface area contributed by atoms with Gasteiger partial charge in [0.25, 0.3) is 5.69 Å². The molecule has 1 fully saturated rings. The number of hydrogen-bond donors (Lipinski definition) is 1. The molecule has 1 aliphatic rings. The monoisotopic (exact) mass is 263 g/mol. The van der Waals surface area contributed by atoms with Crippen molar-refractivity contribution in [3.8, 4) is 0 Å². The first-order valence-corrected chi connectivity index (χ1v) is 5.82. The zero-order valence-corrected chi connectivity index (χ0v) is 10.3. The van der Waals surface area contributed by atoms with E-state index in [9.17, 15) is 19.7 Å². The minimum Gasteiger partial charge on any atom is -0.353 e. The van der Waals surface area contributed by atoms with Crippen LogP contribution in [0.5, 0.6) is 0 Å².